The van der Waals surface area contributed by atoms with Crippen molar-refractivity contribution in [3.8, 4) is 0 Å². The zero-order valence-corrected chi connectivity index (χ0v) is 23.0. The SMILES string of the molecule is I.P.[I-].c1ccc(C[P+](c2ccccc2)(c2ccccc2)c2ccccc2)cc1. The lowest BCUT2D eigenvalue weighted by Crippen LogP contribution is -3.00. The molecule has 0 N–H and O–H groups in total. The van der Waals surface area contributed by atoms with Crippen molar-refractivity contribution in [2.45, 2.75) is 6.16 Å². The lowest BCUT2D eigenvalue weighted by Gasteiger charge is -2.27. The highest BCUT2D eigenvalue weighted by Crippen LogP contribution is 2.58. The first-order chi connectivity index (χ1) is 12.9. The lowest BCUT2D eigenvalue weighted by molar-refractivity contribution is -0.00000524. The highest BCUT2D eigenvalue weighted by Gasteiger charge is 2.45. The highest BCUT2D eigenvalue weighted by molar-refractivity contribution is 14.0. The van der Waals surface area contributed by atoms with Crippen molar-refractivity contribution in [3.63, 3.8) is 0 Å². The van der Waals surface area contributed by atoms with E-state index in [1.54, 1.807) is 0 Å². The summed E-state index contributed by atoms with van der Waals surface area (Å²) >= 11 is 0. The molecule has 4 heteroatoms. The smallest absolute Gasteiger partial charge is 0.116 e. The maximum atomic E-state index is 2.30. The molecule has 0 saturated carbocycles. The van der Waals surface area contributed by atoms with E-state index < -0.39 is 7.26 Å². The van der Waals surface area contributed by atoms with Crippen LogP contribution in [0.5, 0.6) is 0 Å². The molecule has 29 heavy (non-hydrogen) atoms. The second kappa shape index (κ2) is 12.8. The van der Waals surface area contributed by atoms with Crippen molar-refractivity contribution in [3.05, 3.63) is 127 Å². The minimum Gasteiger partial charge on any atom is -1.00 e. The van der Waals surface area contributed by atoms with Gasteiger partial charge in [0.15, 0.2) is 0 Å². The molecule has 0 aliphatic carbocycles. The Hall–Kier alpha value is -0.800. The summed E-state index contributed by atoms with van der Waals surface area (Å²) in [6, 6.07) is 44.0. The fourth-order valence-electron chi connectivity index (χ4n) is 3.63. The van der Waals surface area contributed by atoms with E-state index in [1.165, 1.54) is 21.5 Å². The lowest BCUT2D eigenvalue weighted by atomic mass is 10.2. The molecule has 0 spiro atoms. The first kappa shape index (κ1) is 26.2. The first-order valence-electron chi connectivity index (χ1n) is 8.98. The Balaban J connectivity index is 0.00000140. The second-order valence-corrected chi connectivity index (χ2v) is 9.95. The van der Waals surface area contributed by atoms with Gasteiger partial charge in [0.25, 0.3) is 0 Å². The summed E-state index contributed by atoms with van der Waals surface area (Å²) in [5.74, 6) is 0. The Labute approximate surface area is 212 Å². The summed E-state index contributed by atoms with van der Waals surface area (Å²) < 4.78 is 0. The van der Waals surface area contributed by atoms with Crippen LogP contribution >= 0.6 is 41.1 Å². The minimum atomic E-state index is -1.78. The van der Waals surface area contributed by atoms with Gasteiger partial charge in [-0.2, -0.15) is 9.90 Å². The van der Waals surface area contributed by atoms with E-state index in [9.17, 15) is 0 Å². The van der Waals surface area contributed by atoms with E-state index >= 15 is 0 Å². The van der Waals surface area contributed by atoms with Gasteiger partial charge in [-0.1, -0.05) is 84.9 Å². The van der Waals surface area contributed by atoms with Crippen molar-refractivity contribution in [2.75, 3.05) is 0 Å². The maximum absolute atomic E-state index is 2.30. The Morgan fingerprint density at radius 1 is 0.448 bits per heavy atom. The van der Waals surface area contributed by atoms with E-state index in [1.807, 2.05) is 0 Å². The molecule has 0 aromatic heterocycles. The van der Waals surface area contributed by atoms with Crippen molar-refractivity contribution in [1.82, 2.24) is 0 Å². The summed E-state index contributed by atoms with van der Waals surface area (Å²) in [5.41, 5.74) is 1.39. The standard InChI is InChI=1S/C25H22P.2HI.H3P/c1-5-13-22(14-6-1)21-26(23-15-7-2-8-16-23,24-17-9-3-10-18-24)25-19-11-4-12-20-25;;;/h1-20H,21H2;2*1H;1H3/q+1;;;/p-1. The molecule has 0 heterocycles. The number of benzene rings is 4. The molecule has 0 bridgehead atoms. The topological polar surface area (TPSA) is 0 Å². The predicted octanol–water partition coefficient (Wildman–Crippen LogP) is 2.86. The predicted molar refractivity (Wildman–Crippen MR) is 142 cm³/mol. The summed E-state index contributed by atoms with van der Waals surface area (Å²) in [5, 5.41) is 4.30. The molecule has 150 valence electrons. The molecule has 4 rings (SSSR count). The van der Waals surface area contributed by atoms with E-state index in [2.05, 4.69) is 121 Å². The molecule has 0 fully saturated rings. The number of hydrogen-bond acceptors (Lipinski definition) is 0. The summed E-state index contributed by atoms with van der Waals surface area (Å²) in [4.78, 5) is 0. The van der Waals surface area contributed by atoms with Crippen LogP contribution in [0.2, 0.25) is 0 Å². The van der Waals surface area contributed by atoms with Gasteiger partial charge < -0.3 is 24.0 Å². The first-order valence-corrected chi connectivity index (χ1v) is 11.0. The molecule has 0 saturated heterocycles. The van der Waals surface area contributed by atoms with E-state index in [-0.39, 0.29) is 57.9 Å². The third-order valence-electron chi connectivity index (χ3n) is 4.85. The third kappa shape index (κ3) is 5.88. The van der Waals surface area contributed by atoms with Crippen molar-refractivity contribution < 1.29 is 24.0 Å². The molecular formula is C25H26I2P2. The Morgan fingerprint density at radius 2 is 0.724 bits per heavy atom. The fourth-order valence-corrected chi connectivity index (χ4v) is 7.87. The van der Waals surface area contributed by atoms with Crippen molar-refractivity contribution >= 4 is 57.1 Å². The van der Waals surface area contributed by atoms with E-state index in [0.717, 1.165) is 6.16 Å². The average molecular weight is 642 g/mol. The van der Waals surface area contributed by atoms with E-state index in [4.69, 9.17) is 0 Å². The van der Waals surface area contributed by atoms with E-state index in [0.29, 0.717) is 0 Å². The minimum absolute atomic E-state index is 0. The van der Waals surface area contributed by atoms with Crippen LogP contribution in [0.25, 0.3) is 0 Å². The number of rotatable bonds is 5. The average Bonchev–Trinajstić information content (AvgIpc) is 2.75. The van der Waals surface area contributed by atoms with Gasteiger partial charge >= 0.3 is 0 Å². The molecular weight excluding hydrogens is 616 g/mol. The van der Waals surface area contributed by atoms with Crippen LogP contribution in [-0.4, -0.2) is 0 Å². The second-order valence-electron chi connectivity index (χ2n) is 6.46. The third-order valence-corrected chi connectivity index (χ3v) is 9.23. The number of hydrogen-bond donors (Lipinski definition) is 0. The Morgan fingerprint density at radius 3 is 1.03 bits per heavy atom. The van der Waals surface area contributed by atoms with Crippen molar-refractivity contribution in [1.29, 1.82) is 0 Å². The van der Waals surface area contributed by atoms with Gasteiger partial charge in [-0.05, 0) is 42.0 Å². The molecule has 0 aliphatic heterocycles. The number of halogens is 2. The quantitative estimate of drug-likeness (QED) is 0.232. The van der Waals surface area contributed by atoms with Gasteiger partial charge in [0.2, 0.25) is 0 Å². The zero-order valence-electron chi connectivity index (χ0n) is 16.2. The Kier molecular flexibility index (Phi) is 11.6. The van der Waals surface area contributed by atoms with Crippen LogP contribution in [0.3, 0.4) is 0 Å². The van der Waals surface area contributed by atoms with Crippen LogP contribution in [0.1, 0.15) is 5.56 Å². The van der Waals surface area contributed by atoms with Gasteiger partial charge in [0, 0.05) is 0 Å². The molecule has 0 nitrogen and oxygen atoms in total. The monoisotopic (exact) mass is 642 g/mol. The molecule has 0 radical (unpaired) electrons. The summed E-state index contributed by atoms with van der Waals surface area (Å²) in [6.07, 6.45) is 1.03. The Bertz CT molecular complexity index is 850. The van der Waals surface area contributed by atoms with Gasteiger partial charge in [-0.25, -0.2) is 0 Å². The molecule has 4 aromatic carbocycles. The molecule has 1 atom stereocenters. The molecule has 0 amide bonds. The van der Waals surface area contributed by atoms with Crippen LogP contribution in [-0.2, 0) is 6.16 Å². The van der Waals surface area contributed by atoms with Crippen molar-refractivity contribution in [2.24, 2.45) is 0 Å². The van der Waals surface area contributed by atoms with Crippen LogP contribution < -0.4 is 39.9 Å². The maximum Gasteiger partial charge on any atom is 0.116 e. The highest BCUT2D eigenvalue weighted by atomic mass is 127. The van der Waals surface area contributed by atoms with Gasteiger partial charge in [0.05, 0.1) is 6.16 Å². The van der Waals surface area contributed by atoms with Crippen LogP contribution in [0.15, 0.2) is 121 Å². The summed E-state index contributed by atoms with van der Waals surface area (Å²) in [7, 11) is -1.78. The van der Waals surface area contributed by atoms with Gasteiger partial charge in [-0.3, -0.25) is 0 Å². The zero-order chi connectivity index (χ0) is 17.7. The normalized spacial score (nSPS) is 10.1. The largest absolute Gasteiger partial charge is 1.00 e. The van der Waals surface area contributed by atoms with Crippen LogP contribution in [0, 0.1) is 0 Å². The van der Waals surface area contributed by atoms with Gasteiger partial charge in [0.1, 0.15) is 23.2 Å². The summed E-state index contributed by atoms with van der Waals surface area (Å²) in [6.45, 7) is 0. The molecule has 1 unspecified atom stereocenters. The van der Waals surface area contributed by atoms with Gasteiger partial charge in [-0.15, -0.1) is 24.0 Å². The molecule has 4 aromatic rings. The fraction of sp³-hybridized carbons (Fsp3) is 0.0400. The molecule has 0 aliphatic rings. The van der Waals surface area contributed by atoms with Crippen LogP contribution in [0.4, 0.5) is 0 Å².